The number of aliphatic hydroxyl groups is 1. The van der Waals surface area contributed by atoms with Crippen molar-refractivity contribution in [1.29, 1.82) is 0 Å². The Bertz CT molecular complexity index is 1530. The molecular formula is C32H35F3N4O6. The minimum Gasteiger partial charge on any atom is -0.488 e. The van der Waals surface area contributed by atoms with E-state index >= 15 is 0 Å². The van der Waals surface area contributed by atoms with Gasteiger partial charge in [-0.2, -0.15) is 13.2 Å². The average Bonchev–Trinajstić information content (AvgIpc) is 3.46. The molecule has 0 radical (unpaired) electrons. The normalized spacial score (nSPS) is 18.5. The zero-order valence-corrected chi connectivity index (χ0v) is 25.1. The number of ether oxygens (including phenoxy) is 3. The van der Waals surface area contributed by atoms with Gasteiger partial charge in [-0.15, -0.1) is 0 Å². The number of rotatable bonds is 8. The number of nitrogens with zero attached hydrogens (tertiary/aromatic N) is 2. The zero-order chi connectivity index (χ0) is 32.3. The second-order valence-electron chi connectivity index (χ2n) is 11.4. The lowest BCUT2D eigenvalue weighted by atomic mass is 9.99. The van der Waals surface area contributed by atoms with Crippen molar-refractivity contribution in [3.8, 4) is 17.2 Å². The lowest BCUT2D eigenvalue weighted by molar-refractivity contribution is -0.137. The molecule has 0 fully saturated rings. The van der Waals surface area contributed by atoms with Crippen LogP contribution in [0.15, 0.2) is 60.7 Å². The summed E-state index contributed by atoms with van der Waals surface area (Å²) in [4.78, 5) is 30.1. The first-order valence-electron chi connectivity index (χ1n) is 14.5. The number of halogens is 3. The third-order valence-electron chi connectivity index (χ3n) is 7.77. The van der Waals surface area contributed by atoms with Crippen molar-refractivity contribution < 1.29 is 42.1 Å². The quantitative estimate of drug-likeness (QED) is 0.305. The van der Waals surface area contributed by atoms with E-state index in [1.165, 1.54) is 6.07 Å². The summed E-state index contributed by atoms with van der Waals surface area (Å²) in [7, 11) is 1.97. The van der Waals surface area contributed by atoms with Crippen molar-refractivity contribution in [2.75, 3.05) is 44.2 Å². The van der Waals surface area contributed by atoms with Crippen molar-refractivity contribution in [2.45, 2.75) is 38.7 Å². The molecule has 13 heteroatoms. The molecule has 0 saturated heterocycles. The van der Waals surface area contributed by atoms with Gasteiger partial charge in [0.2, 0.25) is 6.79 Å². The molecule has 10 nitrogen and oxygen atoms in total. The number of amides is 3. The number of fused-ring (bicyclic) bond motifs is 2. The first kappa shape index (κ1) is 31.9. The standard InChI is InChI=1S/C32H35F3N4O6/c1-19-14-39(20(2)17-40)30(41)25-13-24(37-31(42)36-23-7-5-22(6-8-23)32(33,34)35)9-11-26(25)45-29(19)16-38(3)15-21-4-10-27-28(12-21)44-18-43-27/h4-13,19-20,29,40H,14-18H2,1-3H3,(H2,36,37,42)/t19-,20-,29-/m0/s1. The topological polar surface area (TPSA) is 113 Å². The molecule has 3 amide bonds. The van der Waals surface area contributed by atoms with E-state index in [-0.39, 0.29) is 48.3 Å². The van der Waals surface area contributed by atoms with Crippen molar-refractivity contribution in [1.82, 2.24) is 9.80 Å². The summed E-state index contributed by atoms with van der Waals surface area (Å²) < 4.78 is 55.9. The smallest absolute Gasteiger partial charge is 0.416 e. The summed E-state index contributed by atoms with van der Waals surface area (Å²) >= 11 is 0. The first-order valence-corrected chi connectivity index (χ1v) is 14.5. The van der Waals surface area contributed by atoms with Crippen LogP contribution in [0.2, 0.25) is 0 Å². The van der Waals surface area contributed by atoms with Crippen LogP contribution in [0.5, 0.6) is 17.2 Å². The molecule has 0 saturated carbocycles. The van der Waals surface area contributed by atoms with Crippen LogP contribution in [0.4, 0.5) is 29.3 Å². The number of anilines is 2. The molecule has 2 aliphatic rings. The predicted octanol–water partition coefficient (Wildman–Crippen LogP) is 5.43. The number of carbonyl (C=O) groups excluding carboxylic acids is 2. The minimum atomic E-state index is -4.49. The van der Waals surface area contributed by atoms with E-state index < -0.39 is 23.8 Å². The minimum absolute atomic E-state index is 0.0948. The van der Waals surface area contributed by atoms with Crippen LogP contribution in [-0.4, -0.2) is 72.5 Å². The summed E-state index contributed by atoms with van der Waals surface area (Å²) in [6.07, 6.45) is -4.82. The highest BCUT2D eigenvalue weighted by Crippen LogP contribution is 2.34. The number of urea groups is 1. The number of aliphatic hydroxyl groups excluding tert-OH is 1. The van der Waals surface area contributed by atoms with E-state index in [4.69, 9.17) is 14.2 Å². The van der Waals surface area contributed by atoms with Crippen LogP contribution in [0.25, 0.3) is 0 Å². The molecule has 0 unspecified atom stereocenters. The Morgan fingerprint density at radius 1 is 1.02 bits per heavy atom. The van der Waals surface area contributed by atoms with Gasteiger partial charge in [-0.3, -0.25) is 9.69 Å². The zero-order valence-electron chi connectivity index (χ0n) is 25.1. The largest absolute Gasteiger partial charge is 0.488 e. The maximum absolute atomic E-state index is 13.7. The highest BCUT2D eigenvalue weighted by Gasteiger charge is 2.34. The molecule has 45 heavy (non-hydrogen) atoms. The molecule has 3 aromatic rings. The number of hydrogen-bond acceptors (Lipinski definition) is 7. The van der Waals surface area contributed by atoms with E-state index in [2.05, 4.69) is 15.5 Å². The van der Waals surface area contributed by atoms with Gasteiger partial charge in [0.1, 0.15) is 11.9 Å². The van der Waals surface area contributed by atoms with Crippen molar-refractivity contribution in [3.63, 3.8) is 0 Å². The SMILES string of the molecule is C[C@H]1CN([C@@H](C)CO)C(=O)c2cc(NC(=O)Nc3ccc(C(F)(F)F)cc3)ccc2O[C@H]1CN(C)Cc1ccc2c(c1)OCO2. The molecule has 240 valence electrons. The maximum atomic E-state index is 13.7. The van der Waals surface area contributed by atoms with E-state index in [0.717, 1.165) is 29.8 Å². The molecule has 2 heterocycles. The molecule has 0 spiro atoms. The predicted molar refractivity (Wildman–Crippen MR) is 161 cm³/mol. The molecule has 3 atom stereocenters. The Kier molecular flexibility index (Phi) is 9.40. The Morgan fingerprint density at radius 3 is 2.40 bits per heavy atom. The Morgan fingerprint density at radius 2 is 1.69 bits per heavy atom. The van der Waals surface area contributed by atoms with Gasteiger partial charge < -0.3 is 34.9 Å². The fourth-order valence-electron chi connectivity index (χ4n) is 5.28. The van der Waals surface area contributed by atoms with Crippen LogP contribution >= 0.6 is 0 Å². The Balaban J connectivity index is 1.32. The first-order chi connectivity index (χ1) is 21.4. The number of alkyl halides is 3. The van der Waals surface area contributed by atoms with Gasteiger partial charge >= 0.3 is 12.2 Å². The molecule has 3 aromatic carbocycles. The summed E-state index contributed by atoms with van der Waals surface area (Å²) in [5.41, 5.74) is 0.851. The monoisotopic (exact) mass is 628 g/mol. The fourth-order valence-corrected chi connectivity index (χ4v) is 5.28. The van der Waals surface area contributed by atoms with Gasteiger partial charge in [0.15, 0.2) is 11.5 Å². The van der Waals surface area contributed by atoms with E-state index in [1.54, 1.807) is 24.0 Å². The third kappa shape index (κ3) is 7.60. The Labute approximate surface area is 258 Å². The second kappa shape index (κ2) is 13.2. The van der Waals surface area contributed by atoms with E-state index in [1.807, 2.05) is 32.2 Å². The number of hydrogen-bond donors (Lipinski definition) is 3. The highest BCUT2D eigenvalue weighted by molar-refractivity contribution is 6.02. The van der Waals surface area contributed by atoms with Crippen LogP contribution < -0.4 is 24.8 Å². The summed E-state index contributed by atoms with van der Waals surface area (Å²) in [5, 5.41) is 15.0. The van der Waals surface area contributed by atoms with Gasteiger partial charge in [-0.25, -0.2) is 4.79 Å². The van der Waals surface area contributed by atoms with E-state index in [0.29, 0.717) is 36.9 Å². The van der Waals surface area contributed by atoms with Gasteiger partial charge in [0.25, 0.3) is 5.91 Å². The molecule has 3 N–H and O–H groups in total. The van der Waals surface area contributed by atoms with Gasteiger partial charge in [-0.05, 0) is 74.1 Å². The van der Waals surface area contributed by atoms with Crippen LogP contribution in [0.1, 0.15) is 35.3 Å². The number of likely N-dealkylation sites (N-methyl/N-ethyl adjacent to an activating group) is 1. The molecule has 5 rings (SSSR count). The maximum Gasteiger partial charge on any atom is 0.416 e. The number of benzene rings is 3. The second-order valence-corrected chi connectivity index (χ2v) is 11.4. The molecule has 0 bridgehead atoms. The van der Waals surface area contributed by atoms with Crippen LogP contribution in [0, 0.1) is 5.92 Å². The summed E-state index contributed by atoms with van der Waals surface area (Å²) in [5.74, 6) is 1.29. The lowest BCUT2D eigenvalue weighted by Gasteiger charge is -2.38. The third-order valence-corrected chi connectivity index (χ3v) is 7.77. The molecular weight excluding hydrogens is 593 g/mol. The molecule has 0 aliphatic carbocycles. The van der Waals surface area contributed by atoms with Crippen molar-refractivity contribution in [3.05, 3.63) is 77.4 Å². The summed E-state index contributed by atoms with van der Waals surface area (Å²) in [6.45, 7) is 5.18. The van der Waals surface area contributed by atoms with E-state index in [9.17, 15) is 27.9 Å². The van der Waals surface area contributed by atoms with Crippen LogP contribution in [0.3, 0.4) is 0 Å². The van der Waals surface area contributed by atoms with Gasteiger partial charge in [-0.1, -0.05) is 13.0 Å². The fraction of sp³-hybridized carbons (Fsp3) is 0.375. The average molecular weight is 629 g/mol. The van der Waals surface area contributed by atoms with Gasteiger partial charge in [0.05, 0.1) is 23.8 Å². The molecule has 2 aliphatic heterocycles. The number of nitrogens with one attached hydrogen (secondary N) is 2. The van der Waals surface area contributed by atoms with Crippen LogP contribution in [-0.2, 0) is 12.7 Å². The molecule has 0 aromatic heterocycles. The highest BCUT2D eigenvalue weighted by atomic mass is 19.4. The van der Waals surface area contributed by atoms with Crippen molar-refractivity contribution >= 4 is 23.3 Å². The number of carbonyl (C=O) groups is 2. The Hall–Kier alpha value is -4.49. The lowest BCUT2D eigenvalue weighted by Crippen LogP contribution is -2.49. The van der Waals surface area contributed by atoms with Gasteiger partial charge in [0, 0.05) is 36.9 Å². The summed E-state index contributed by atoms with van der Waals surface area (Å²) in [6, 6.07) is 13.4. The van der Waals surface area contributed by atoms with Crippen molar-refractivity contribution in [2.24, 2.45) is 5.92 Å².